The third-order valence-electron chi connectivity index (χ3n) is 1.21. The van der Waals surface area contributed by atoms with Crippen LogP contribution >= 0.6 is 11.8 Å². The van der Waals surface area contributed by atoms with Crippen molar-refractivity contribution in [1.82, 2.24) is 0 Å². The smallest absolute Gasteiger partial charge is 0.328 e. The van der Waals surface area contributed by atoms with Crippen LogP contribution in [0.2, 0.25) is 0 Å². The van der Waals surface area contributed by atoms with Gasteiger partial charge in [-0.3, -0.25) is 0 Å². The molecular formula is C5H8N2O2S. The van der Waals surface area contributed by atoms with Crippen LogP contribution in [0.15, 0.2) is 4.99 Å². The van der Waals surface area contributed by atoms with E-state index in [2.05, 4.69) is 4.99 Å². The summed E-state index contributed by atoms with van der Waals surface area (Å²) >= 11 is 1.40. The zero-order valence-corrected chi connectivity index (χ0v) is 6.10. The molecule has 1 atom stereocenters. The topological polar surface area (TPSA) is 75.7 Å². The molecule has 0 amide bonds. The summed E-state index contributed by atoms with van der Waals surface area (Å²) in [6.45, 7) is 0. The van der Waals surface area contributed by atoms with Crippen molar-refractivity contribution in [3.05, 3.63) is 0 Å². The fourth-order valence-corrected chi connectivity index (χ4v) is 1.46. The number of aliphatic carboxylic acids is 1. The number of aliphatic imine (C=N–C) groups is 1. The maximum absolute atomic E-state index is 10.3. The van der Waals surface area contributed by atoms with Crippen LogP contribution in [0.5, 0.6) is 0 Å². The van der Waals surface area contributed by atoms with Crippen LogP contribution in [0.3, 0.4) is 0 Å². The highest BCUT2D eigenvalue weighted by molar-refractivity contribution is 8.13. The predicted octanol–water partition coefficient (Wildman–Crippen LogP) is -0.109. The van der Waals surface area contributed by atoms with Gasteiger partial charge in [-0.1, -0.05) is 11.8 Å². The van der Waals surface area contributed by atoms with Crippen LogP contribution in [-0.4, -0.2) is 28.0 Å². The van der Waals surface area contributed by atoms with Gasteiger partial charge < -0.3 is 10.8 Å². The van der Waals surface area contributed by atoms with Crippen molar-refractivity contribution in [3.63, 3.8) is 0 Å². The van der Waals surface area contributed by atoms with Gasteiger partial charge in [-0.25, -0.2) is 9.79 Å². The molecule has 0 aliphatic carbocycles. The van der Waals surface area contributed by atoms with E-state index in [1.165, 1.54) is 11.8 Å². The summed E-state index contributed by atoms with van der Waals surface area (Å²) in [5, 5.41) is 8.87. The normalized spacial score (nSPS) is 25.6. The lowest BCUT2D eigenvalue weighted by Gasteiger charge is -2.12. The number of carboxylic acids is 1. The third kappa shape index (κ3) is 1.63. The number of hydrogen-bond acceptors (Lipinski definition) is 4. The highest BCUT2D eigenvalue weighted by Crippen LogP contribution is 2.14. The molecule has 1 aliphatic heterocycles. The van der Waals surface area contributed by atoms with Crippen LogP contribution < -0.4 is 5.73 Å². The molecule has 0 aromatic rings. The molecular weight excluding hydrogens is 152 g/mol. The number of rotatable bonds is 1. The lowest BCUT2D eigenvalue weighted by atomic mass is 10.2. The molecule has 0 radical (unpaired) electrons. The average molecular weight is 160 g/mol. The number of nitrogens with zero attached hydrogens (tertiary/aromatic N) is 1. The van der Waals surface area contributed by atoms with Crippen molar-refractivity contribution >= 4 is 22.9 Å². The van der Waals surface area contributed by atoms with E-state index in [-0.39, 0.29) is 0 Å². The molecule has 1 heterocycles. The number of amidine groups is 1. The van der Waals surface area contributed by atoms with Crippen LogP contribution in [0.25, 0.3) is 0 Å². The first-order chi connectivity index (χ1) is 4.70. The summed E-state index contributed by atoms with van der Waals surface area (Å²) in [4.78, 5) is 14.1. The summed E-state index contributed by atoms with van der Waals surface area (Å²) in [5.74, 6) is -0.130. The Kier molecular flexibility index (Phi) is 2.16. The zero-order valence-electron chi connectivity index (χ0n) is 5.28. The van der Waals surface area contributed by atoms with Crippen molar-refractivity contribution in [3.8, 4) is 0 Å². The van der Waals surface area contributed by atoms with E-state index < -0.39 is 12.0 Å². The van der Waals surface area contributed by atoms with Gasteiger partial charge in [0.25, 0.3) is 0 Å². The van der Waals surface area contributed by atoms with Gasteiger partial charge in [-0.15, -0.1) is 0 Å². The Balaban J connectivity index is 2.62. The van der Waals surface area contributed by atoms with Gasteiger partial charge in [0.1, 0.15) is 0 Å². The second kappa shape index (κ2) is 2.92. The first-order valence-electron chi connectivity index (χ1n) is 2.89. The minimum atomic E-state index is -0.886. The minimum absolute atomic E-state index is 0.388. The summed E-state index contributed by atoms with van der Waals surface area (Å²) in [6.07, 6.45) is 0.584. The predicted molar refractivity (Wildman–Crippen MR) is 40.1 cm³/mol. The highest BCUT2D eigenvalue weighted by Gasteiger charge is 2.19. The van der Waals surface area contributed by atoms with Gasteiger partial charge in [0, 0.05) is 5.75 Å². The van der Waals surface area contributed by atoms with E-state index in [1.807, 2.05) is 0 Å². The Morgan fingerprint density at radius 3 is 3.00 bits per heavy atom. The zero-order chi connectivity index (χ0) is 7.56. The quantitative estimate of drug-likeness (QED) is 0.561. The summed E-state index contributed by atoms with van der Waals surface area (Å²) < 4.78 is 0. The molecule has 56 valence electrons. The molecule has 1 unspecified atom stereocenters. The number of carboxylic acid groups (broad SMARTS) is 1. The van der Waals surface area contributed by atoms with Gasteiger partial charge >= 0.3 is 5.97 Å². The third-order valence-corrected chi connectivity index (χ3v) is 2.05. The molecule has 0 aromatic heterocycles. The van der Waals surface area contributed by atoms with Crippen molar-refractivity contribution in [1.29, 1.82) is 0 Å². The van der Waals surface area contributed by atoms with E-state index in [0.717, 1.165) is 5.75 Å². The van der Waals surface area contributed by atoms with Gasteiger partial charge in [0.05, 0.1) is 0 Å². The number of carbonyl (C=O) groups is 1. The Morgan fingerprint density at radius 2 is 2.60 bits per heavy atom. The van der Waals surface area contributed by atoms with Crippen LogP contribution in [-0.2, 0) is 4.79 Å². The van der Waals surface area contributed by atoms with Crippen LogP contribution in [0.4, 0.5) is 0 Å². The average Bonchev–Trinajstić information content (AvgIpc) is 1.88. The Labute approximate surface area is 62.5 Å². The second-order valence-electron chi connectivity index (χ2n) is 1.96. The van der Waals surface area contributed by atoms with E-state index in [1.54, 1.807) is 0 Å². The largest absolute Gasteiger partial charge is 0.480 e. The molecule has 3 N–H and O–H groups in total. The fourth-order valence-electron chi connectivity index (χ4n) is 0.709. The second-order valence-corrected chi connectivity index (χ2v) is 3.07. The molecule has 0 fully saturated rings. The lowest BCUT2D eigenvalue weighted by Crippen LogP contribution is -2.26. The maximum atomic E-state index is 10.3. The number of hydrogen-bond donors (Lipinski definition) is 2. The fraction of sp³-hybridized carbons (Fsp3) is 0.600. The van der Waals surface area contributed by atoms with E-state index in [4.69, 9.17) is 10.8 Å². The molecule has 4 nitrogen and oxygen atoms in total. The molecule has 0 spiro atoms. The van der Waals surface area contributed by atoms with Gasteiger partial charge in [0.2, 0.25) is 0 Å². The standard InChI is InChI=1S/C5H8N2O2S/c6-5-7-3(4(8)9)1-2-10-5/h3H,1-2H2,(H2,6,7)(H,8,9). The van der Waals surface area contributed by atoms with Crippen molar-refractivity contribution in [2.75, 3.05) is 5.75 Å². The molecule has 5 heteroatoms. The molecule has 10 heavy (non-hydrogen) atoms. The van der Waals surface area contributed by atoms with Crippen molar-refractivity contribution in [2.24, 2.45) is 10.7 Å². The number of nitrogens with two attached hydrogens (primary N) is 1. The lowest BCUT2D eigenvalue weighted by molar-refractivity contribution is -0.138. The molecule has 0 aromatic carbocycles. The Hall–Kier alpha value is -0.710. The summed E-state index contributed by atoms with van der Waals surface area (Å²) in [6, 6.07) is -0.610. The SMILES string of the molecule is NC1=NC(C(=O)O)CCS1. The van der Waals surface area contributed by atoms with Gasteiger partial charge in [-0.05, 0) is 6.42 Å². The van der Waals surface area contributed by atoms with Gasteiger partial charge in [0.15, 0.2) is 11.2 Å². The van der Waals surface area contributed by atoms with Crippen LogP contribution in [0, 0.1) is 0 Å². The Bertz CT molecular complexity index is 180. The summed E-state index contributed by atoms with van der Waals surface area (Å²) in [5.41, 5.74) is 5.31. The first kappa shape index (κ1) is 7.40. The maximum Gasteiger partial charge on any atom is 0.328 e. The monoisotopic (exact) mass is 160 g/mol. The number of thioether (sulfide) groups is 1. The summed E-state index contributed by atoms with van der Waals surface area (Å²) in [7, 11) is 0. The van der Waals surface area contributed by atoms with Gasteiger partial charge in [-0.2, -0.15) is 0 Å². The van der Waals surface area contributed by atoms with Crippen molar-refractivity contribution < 1.29 is 9.90 Å². The van der Waals surface area contributed by atoms with E-state index in [9.17, 15) is 4.79 Å². The Morgan fingerprint density at radius 1 is 1.90 bits per heavy atom. The minimum Gasteiger partial charge on any atom is -0.480 e. The van der Waals surface area contributed by atoms with Crippen molar-refractivity contribution in [2.45, 2.75) is 12.5 Å². The molecule has 0 saturated carbocycles. The molecule has 1 aliphatic rings. The molecule has 0 saturated heterocycles. The van der Waals surface area contributed by atoms with Crippen LogP contribution in [0.1, 0.15) is 6.42 Å². The molecule has 1 rings (SSSR count). The molecule has 0 bridgehead atoms. The highest BCUT2D eigenvalue weighted by atomic mass is 32.2. The van der Waals surface area contributed by atoms with E-state index >= 15 is 0 Å². The first-order valence-corrected chi connectivity index (χ1v) is 3.87. The van der Waals surface area contributed by atoms with E-state index in [0.29, 0.717) is 11.6 Å².